The van der Waals surface area contributed by atoms with Crippen molar-refractivity contribution in [2.75, 3.05) is 13.7 Å². The van der Waals surface area contributed by atoms with E-state index in [4.69, 9.17) is 23.7 Å². The maximum atomic E-state index is 16.0. The van der Waals surface area contributed by atoms with Crippen LogP contribution in [-0.2, 0) is 45.2 Å². The number of alkyl halides is 2. The van der Waals surface area contributed by atoms with Gasteiger partial charge in [0.1, 0.15) is 24.1 Å². The first-order valence-corrected chi connectivity index (χ1v) is 14.6. The Balaban J connectivity index is 1.37. The lowest BCUT2D eigenvalue weighted by Gasteiger charge is -2.43. The summed E-state index contributed by atoms with van der Waals surface area (Å²) in [5.41, 5.74) is 3.41. The highest BCUT2D eigenvalue weighted by molar-refractivity contribution is 5.28. The molecule has 0 saturated carbocycles. The van der Waals surface area contributed by atoms with Gasteiger partial charge in [0.25, 0.3) is 5.92 Å². The predicted octanol–water partition coefficient (Wildman–Crippen LogP) is 7.42. The molecule has 4 atom stereocenters. The van der Waals surface area contributed by atoms with Gasteiger partial charge in [-0.1, -0.05) is 103 Å². The van der Waals surface area contributed by atoms with Gasteiger partial charge in [-0.3, -0.25) is 0 Å². The third-order valence-corrected chi connectivity index (χ3v) is 7.57. The number of ether oxygens (including phenoxy) is 5. The highest BCUT2D eigenvalue weighted by atomic mass is 19.3. The summed E-state index contributed by atoms with van der Waals surface area (Å²) in [6, 6.07) is 35.9. The van der Waals surface area contributed by atoms with Crippen molar-refractivity contribution < 1.29 is 32.5 Å². The molecule has 43 heavy (non-hydrogen) atoms. The smallest absolute Gasteiger partial charge is 0.277 e. The first-order chi connectivity index (χ1) is 21.0. The summed E-state index contributed by atoms with van der Waals surface area (Å²) < 4.78 is 62.1. The molecule has 1 heterocycles. The van der Waals surface area contributed by atoms with Crippen molar-refractivity contribution in [2.45, 2.75) is 63.0 Å². The second-order valence-electron chi connectivity index (χ2n) is 10.8. The molecule has 7 heteroatoms. The zero-order valence-electron chi connectivity index (χ0n) is 24.3. The Hall–Kier alpha value is -3.62. The van der Waals surface area contributed by atoms with Crippen LogP contribution < -0.4 is 4.74 Å². The summed E-state index contributed by atoms with van der Waals surface area (Å²) in [5, 5.41) is 0. The van der Waals surface area contributed by atoms with Crippen LogP contribution in [0.5, 0.6) is 5.75 Å². The zero-order valence-corrected chi connectivity index (χ0v) is 24.3. The normalized spacial score (nSPS) is 20.5. The summed E-state index contributed by atoms with van der Waals surface area (Å²) >= 11 is 0. The van der Waals surface area contributed by atoms with Gasteiger partial charge in [-0.25, -0.2) is 8.78 Å². The number of halogens is 2. The highest BCUT2D eigenvalue weighted by Crippen LogP contribution is 2.37. The number of hydrogen-bond acceptors (Lipinski definition) is 5. The number of benzene rings is 4. The van der Waals surface area contributed by atoms with Crippen LogP contribution in [0.3, 0.4) is 0 Å². The van der Waals surface area contributed by atoms with E-state index in [1.807, 2.05) is 91.0 Å². The molecule has 1 fully saturated rings. The fraction of sp³-hybridized carbons (Fsp3) is 0.333. The van der Waals surface area contributed by atoms with Gasteiger partial charge in [0.15, 0.2) is 0 Å². The first-order valence-electron chi connectivity index (χ1n) is 14.6. The van der Waals surface area contributed by atoms with Crippen molar-refractivity contribution in [1.29, 1.82) is 0 Å². The molecule has 4 aromatic carbocycles. The molecule has 1 aliphatic rings. The van der Waals surface area contributed by atoms with Gasteiger partial charge < -0.3 is 23.7 Å². The summed E-state index contributed by atoms with van der Waals surface area (Å²) in [6.45, 7) is 0.969. The average molecular weight is 589 g/mol. The molecule has 0 spiro atoms. The standard InChI is InChI=1S/C36H38F2O5/c1-39-31-19-17-27(18-20-31)22-36(37,38)34-21-32(41-24-29-13-7-3-8-14-29)35(42-25-30-15-9-4-10-16-30)33(43-34)26-40-23-28-11-5-2-6-12-28/h2-20,32-35H,21-26H2,1H3/t32-,33-,34+,35+/m1/s1. The lowest BCUT2D eigenvalue weighted by atomic mass is 9.91. The molecule has 4 aromatic rings. The highest BCUT2D eigenvalue weighted by Gasteiger charge is 2.50. The number of hydrogen-bond donors (Lipinski definition) is 0. The lowest BCUT2D eigenvalue weighted by Crippen LogP contribution is -2.57. The van der Waals surface area contributed by atoms with Crippen molar-refractivity contribution in [3.63, 3.8) is 0 Å². The van der Waals surface area contributed by atoms with Gasteiger partial charge in [-0.2, -0.15) is 0 Å². The van der Waals surface area contributed by atoms with E-state index in [2.05, 4.69) is 0 Å². The third kappa shape index (κ3) is 8.94. The van der Waals surface area contributed by atoms with Crippen LogP contribution in [0.2, 0.25) is 0 Å². The van der Waals surface area contributed by atoms with E-state index < -0.39 is 36.8 Å². The molecule has 226 valence electrons. The molecule has 0 aliphatic carbocycles. The summed E-state index contributed by atoms with van der Waals surface area (Å²) in [4.78, 5) is 0. The molecule has 0 unspecified atom stereocenters. The molecule has 0 aromatic heterocycles. The second-order valence-corrected chi connectivity index (χ2v) is 10.8. The molecule has 5 rings (SSSR count). The first kappa shape index (κ1) is 30.8. The van der Waals surface area contributed by atoms with Crippen LogP contribution in [0.1, 0.15) is 28.7 Å². The van der Waals surface area contributed by atoms with Crippen LogP contribution in [0.25, 0.3) is 0 Å². The molecule has 0 bridgehead atoms. The maximum Gasteiger partial charge on any atom is 0.277 e. The summed E-state index contributed by atoms with van der Waals surface area (Å²) in [6.07, 6.45) is -3.92. The monoisotopic (exact) mass is 588 g/mol. The third-order valence-electron chi connectivity index (χ3n) is 7.57. The zero-order chi connectivity index (χ0) is 29.9. The van der Waals surface area contributed by atoms with Gasteiger partial charge in [0.2, 0.25) is 0 Å². The van der Waals surface area contributed by atoms with E-state index in [-0.39, 0.29) is 19.6 Å². The molecular weight excluding hydrogens is 550 g/mol. The fourth-order valence-corrected chi connectivity index (χ4v) is 5.25. The molecule has 0 N–H and O–H groups in total. The molecule has 5 nitrogen and oxygen atoms in total. The van der Waals surface area contributed by atoms with Crippen LogP contribution >= 0.6 is 0 Å². The molecular formula is C36H38F2O5. The Kier molecular flexibility index (Phi) is 10.9. The molecule has 1 aliphatic heterocycles. The topological polar surface area (TPSA) is 46.2 Å². The lowest BCUT2D eigenvalue weighted by molar-refractivity contribution is -0.261. The van der Waals surface area contributed by atoms with Crippen molar-refractivity contribution in [3.05, 3.63) is 138 Å². The van der Waals surface area contributed by atoms with E-state index in [1.54, 1.807) is 31.4 Å². The van der Waals surface area contributed by atoms with Gasteiger partial charge in [-0.05, 0) is 34.4 Å². The molecule has 1 saturated heterocycles. The number of methoxy groups -OCH3 is 1. The summed E-state index contributed by atoms with van der Waals surface area (Å²) in [5.74, 6) is -2.55. The van der Waals surface area contributed by atoms with Crippen molar-refractivity contribution in [3.8, 4) is 5.75 Å². The van der Waals surface area contributed by atoms with Gasteiger partial charge in [0, 0.05) is 12.8 Å². The van der Waals surface area contributed by atoms with E-state index >= 15 is 8.78 Å². The van der Waals surface area contributed by atoms with Gasteiger partial charge in [0.05, 0.1) is 39.6 Å². The largest absolute Gasteiger partial charge is 0.497 e. The van der Waals surface area contributed by atoms with E-state index in [0.29, 0.717) is 24.5 Å². The van der Waals surface area contributed by atoms with Crippen molar-refractivity contribution >= 4 is 0 Å². The van der Waals surface area contributed by atoms with Crippen molar-refractivity contribution in [2.24, 2.45) is 0 Å². The minimum atomic E-state index is -3.16. The fourth-order valence-electron chi connectivity index (χ4n) is 5.25. The Morgan fingerprint density at radius 2 is 1.21 bits per heavy atom. The minimum Gasteiger partial charge on any atom is -0.497 e. The Morgan fingerprint density at radius 3 is 1.77 bits per heavy atom. The van der Waals surface area contributed by atoms with Crippen LogP contribution in [-0.4, -0.2) is 44.1 Å². The maximum absolute atomic E-state index is 16.0. The van der Waals surface area contributed by atoms with E-state index in [0.717, 1.165) is 16.7 Å². The second kappa shape index (κ2) is 15.2. The van der Waals surface area contributed by atoms with Crippen LogP contribution in [0.15, 0.2) is 115 Å². The van der Waals surface area contributed by atoms with Crippen LogP contribution in [0, 0.1) is 0 Å². The Bertz CT molecular complexity index is 1350. The summed E-state index contributed by atoms with van der Waals surface area (Å²) in [7, 11) is 1.55. The minimum absolute atomic E-state index is 0.0232. The molecule has 0 radical (unpaired) electrons. The van der Waals surface area contributed by atoms with Gasteiger partial charge >= 0.3 is 0 Å². The number of rotatable bonds is 14. The van der Waals surface area contributed by atoms with E-state index in [1.165, 1.54) is 0 Å². The molecule has 0 amide bonds. The van der Waals surface area contributed by atoms with Crippen molar-refractivity contribution in [1.82, 2.24) is 0 Å². The SMILES string of the molecule is COc1ccc(CC(F)(F)[C@@H]2C[C@@H](OCc3ccccc3)[C@H](OCc3ccccc3)[C@@H](COCc3ccccc3)O2)cc1. The predicted molar refractivity (Wildman–Crippen MR) is 161 cm³/mol. The Morgan fingerprint density at radius 1 is 0.674 bits per heavy atom. The van der Waals surface area contributed by atoms with Gasteiger partial charge in [-0.15, -0.1) is 0 Å². The Labute approximate surface area is 252 Å². The van der Waals surface area contributed by atoms with E-state index in [9.17, 15) is 0 Å². The van der Waals surface area contributed by atoms with Crippen LogP contribution in [0.4, 0.5) is 8.78 Å². The average Bonchev–Trinajstić information content (AvgIpc) is 3.04. The quantitative estimate of drug-likeness (QED) is 0.153.